The molecule has 0 spiro atoms. The van der Waals surface area contributed by atoms with E-state index in [1.807, 2.05) is 59.4 Å². The van der Waals surface area contributed by atoms with Crippen molar-refractivity contribution in [2.45, 2.75) is 32.6 Å². The van der Waals surface area contributed by atoms with E-state index in [2.05, 4.69) is 11.9 Å². The molecule has 0 atom stereocenters. The maximum atomic E-state index is 13.0. The number of rotatable bonds is 8. The number of unbranched alkanes of at least 4 members (excludes halogenated alkanes) is 3. The van der Waals surface area contributed by atoms with Crippen LogP contribution in [0.4, 0.5) is 0 Å². The first kappa shape index (κ1) is 21.5. The Bertz CT molecular complexity index is 1090. The van der Waals surface area contributed by atoms with Crippen molar-refractivity contribution >= 4 is 40.3 Å². The molecule has 1 amide bonds. The Morgan fingerprint density at radius 2 is 1.84 bits per heavy atom. The van der Waals surface area contributed by atoms with Gasteiger partial charge in [0.05, 0.1) is 10.6 Å². The highest BCUT2D eigenvalue weighted by molar-refractivity contribution is 8.26. The molecular weight excluding hydrogens is 424 g/mol. The molecule has 158 valence electrons. The lowest BCUT2D eigenvalue weighted by Gasteiger charge is -2.13. The smallest absolute Gasteiger partial charge is 0.266 e. The van der Waals surface area contributed by atoms with Gasteiger partial charge in [-0.3, -0.25) is 14.7 Å². The summed E-state index contributed by atoms with van der Waals surface area (Å²) in [5, 5.41) is 4.80. The minimum Gasteiger partial charge on any atom is -0.293 e. The van der Waals surface area contributed by atoms with Crippen molar-refractivity contribution in [3.05, 3.63) is 71.5 Å². The van der Waals surface area contributed by atoms with Gasteiger partial charge in [0.25, 0.3) is 5.91 Å². The van der Waals surface area contributed by atoms with Gasteiger partial charge in [-0.25, -0.2) is 4.68 Å². The maximum Gasteiger partial charge on any atom is 0.266 e. The van der Waals surface area contributed by atoms with Gasteiger partial charge >= 0.3 is 0 Å². The summed E-state index contributed by atoms with van der Waals surface area (Å²) in [4.78, 5) is 19.5. The Hall–Kier alpha value is -2.77. The van der Waals surface area contributed by atoms with E-state index in [0.717, 1.165) is 35.3 Å². The van der Waals surface area contributed by atoms with Crippen molar-refractivity contribution in [1.82, 2.24) is 19.7 Å². The second-order valence-electron chi connectivity index (χ2n) is 7.34. The molecule has 7 heteroatoms. The number of amides is 1. The van der Waals surface area contributed by atoms with E-state index in [1.165, 1.54) is 24.6 Å². The fourth-order valence-corrected chi connectivity index (χ4v) is 4.77. The van der Waals surface area contributed by atoms with Crippen LogP contribution in [-0.2, 0) is 4.79 Å². The molecule has 0 bridgehead atoms. The minimum atomic E-state index is -0.0142. The van der Waals surface area contributed by atoms with Crippen LogP contribution >= 0.6 is 24.0 Å². The number of hydrogen-bond donors (Lipinski definition) is 0. The van der Waals surface area contributed by atoms with Crippen molar-refractivity contribution in [1.29, 1.82) is 0 Å². The Kier molecular flexibility index (Phi) is 6.94. The zero-order valence-electron chi connectivity index (χ0n) is 17.4. The van der Waals surface area contributed by atoms with Crippen molar-refractivity contribution < 1.29 is 4.79 Å². The number of nitrogens with zero attached hydrogens (tertiary/aromatic N) is 4. The molecule has 2 aromatic heterocycles. The number of thiocarbonyl (C=S) groups is 1. The summed E-state index contributed by atoms with van der Waals surface area (Å²) in [6, 6.07) is 13.8. The van der Waals surface area contributed by atoms with Crippen LogP contribution < -0.4 is 0 Å². The number of carbonyl (C=O) groups excluding carboxylic acids is 1. The van der Waals surface area contributed by atoms with Crippen LogP contribution in [0.15, 0.2) is 66.0 Å². The topological polar surface area (TPSA) is 51.0 Å². The Morgan fingerprint density at radius 1 is 1.06 bits per heavy atom. The quantitative estimate of drug-likeness (QED) is 0.251. The van der Waals surface area contributed by atoms with Gasteiger partial charge in [-0.15, -0.1) is 0 Å². The van der Waals surface area contributed by atoms with Gasteiger partial charge in [0.1, 0.15) is 10.0 Å². The third-order valence-electron chi connectivity index (χ3n) is 5.11. The molecule has 31 heavy (non-hydrogen) atoms. The average molecular weight is 449 g/mol. The third kappa shape index (κ3) is 4.94. The molecule has 0 radical (unpaired) electrons. The van der Waals surface area contributed by atoms with Gasteiger partial charge in [-0.1, -0.05) is 68.4 Å². The number of benzene rings is 1. The molecule has 3 heterocycles. The van der Waals surface area contributed by atoms with Crippen LogP contribution in [0.1, 0.15) is 38.2 Å². The number of carbonyl (C=O) groups is 1. The van der Waals surface area contributed by atoms with Crippen LogP contribution in [0.25, 0.3) is 23.0 Å². The molecule has 1 aliphatic rings. The third-order valence-corrected chi connectivity index (χ3v) is 6.49. The first-order valence-electron chi connectivity index (χ1n) is 10.5. The fourth-order valence-electron chi connectivity index (χ4n) is 3.47. The van der Waals surface area contributed by atoms with Crippen molar-refractivity contribution in [2.24, 2.45) is 0 Å². The number of aromatic nitrogens is 3. The number of hydrogen-bond acceptors (Lipinski definition) is 5. The molecule has 0 saturated carbocycles. The highest BCUT2D eigenvalue weighted by Gasteiger charge is 2.32. The Morgan fingerprint density at radius 3 is 2.58 bits per heavy atom. The van der Waals surface area contributed by atoms with Gasteiger partial charge in [0.2, 0.25) is 0 Å². The first-order valence-corrected chi connectivity index (χ1v) is 11.7. The normalized spacial score (nSPS) is 15.3. The number of para-hydroxylation sites is 1. The summed E-state index contributed by atoms with van der Waals surface area (Å²) >= 11 is 6.86. The molecule has 1 aliphatic heterocycles. The van der Waals surface area contributed by atoms with E-state index in [0.29, 0.717) is 15.8 Å². The Labute approximate surface area is 192 Å². The highest BCUT2D eigenvalue weighted by atomic mass is 32.2. The predicted octanol–water partition coefficient (Wildman–Crippen LogP) is 5.72. The molecule has 1 fully saturated rings. The molecule has 1 saturated heterocycles. The summed E-state index contributed by atoms with van der Waals surface area (Å²) in [5.41, 5.74) is 3.59. The SMILES string of the molecule is CCCCCCN1C(=O)/C(=C/c2cn(-c3ccccc3)nc2-c2ccncc2)SC1=S. The van der Waals surface area contributed by atoms with Crippen LogP contribution in [0, 0.1) is 0 Å². The van der Waals surface area contributed by atoms with Crippen LogP contribution in [-0.4, -0.2) is 36.4 Å². The van der Waals surface area contributed by atoms with Gasteiger partial charge in [0, 0.05) is 36.3 Å². The molecule has 0 N–H and O–H groups in total. The van der Waals surface area contributed by atoms with Crippen LogP contribution in [0.5, 0.6) is 0 Å². The van der Waals surface area contributed by atoms with E-state index >= 15 is 0 Å². The van der Waals surface area contributed by atoms with Crippen molar-refractivity contribution in [3.8, 4) is 16.9 Å². The number of thioether (sulfide) groups is 1. The predicted molar refractivity (Wildman–Crippen MR) is 131 cm³/mol. The van der Waals surface area contributed by atoms with E-state index in [1.54, 1.807) is 17.3 Å². The summed E-state index contributed by atoms with van der Waals surface area (Å²) in [6.45, 7) is 2.86. The molecule has 4 rings (SSSR count). The molecular formula is C24H24N4OS2. The van der Waals surface area contributed by atoms with Gasteiger partial charge in [-0.2, -0.15) is 5.10 Å². The largest absolute Gasteiger partial charge is 0.293 e. The zero-order valence-corrected chi connectivity index (χ0v) is 19.0. The highest BCUT2D eigenvalue weighted by Crippen LogP contribution is 2.35. The molecule has 5 nitrogen and oxygen atoms in total. The second kappa shape index (κ2) is 10.0. The van der Waals surface area contributed by atoms with E-state index in [-0.39, 0.29) is 5.91 Å². The maximum absolute atomic E-state index is 13.0. The molecule has 1 aromatic carbocycles. The Balaban J connectivity index is 1.65. The summed E-state index contributed by atoms with van der Waals surface area (Å²) in [5.74, 6) is -0.0142. The number of pyridine rings is 1. The first-order chi connectivity index (χ1) is 15.2. The van der Waals surface area contributed by atoms with Crippen molar-refractivity contribution in [3.63, 3.8) is 0 Å². The van der Waals surface area contributed by atoms with E-state index in [9.17, 15) is 4.79 Å². The van der Waals surface area contributed by atoms with Crippen LogP contribution in [0.2, 0.25) is 0 Å². The molecule has 0 aliphatic carbocycles. The monoisotopic (exact) mass is 448 g/mol. The van der Waals surface area contributed by atoms with Gasteiger partial charge in [-0.05, 0) is 36.8 Å². The van der Waals surface area contributed by atoms with Gasteiger partial charge in [0.15, 0.2) is 0 Å². The zero-order chi connectivity index (χ0) is 21.6. The second-order valence-corrected chi connectivity index (χ2v) is 9.02. The fraction of sp³-hybridized carbons (Fsp3) is 0.250. The standard InChI is InChI=1S/C24H24N4OS2/c1-2-3-4-8-15-27-23(29)21(31-24(27)30)16-19-17-28(20-9-6-5-7-10-20)26-22(19)18-11-13-25-14-12-18/h5-7,9-14,16-17H,2-4,8,15H2,1H3/b21-16-. The minimum absolute atomic E-state index is 0.0142. The summed E-state index contributed by atoms with van der Waals surface area (Å²) in [7, 11) is 0. The summed E-state index contributed by atoms with van der Waals surface area (Å²) in [6.07, 6.45) is 11.8. The summed E-state index contributed by atoms with van der Waals surface area (Å²) < 4.78 is 2.47. The lowest BCUT2D eigenvalue weighted by atomic mass is 10.1. The lowest BCUT2D eigenvalue weighted by Crippen LogP contribution is -2.29. The van der Waals surface area contributed by atoms with E-state index < -0.39 is 0 Å². The van der Waals surface area contributed by atoms with Crippen molar-refractivity contribution in [2.75, 3.05) is 6.54 Å². The van der Waals surface area contributed by atoms with Gasteiger partial charge < -0.3 is 0 Å². The lowest BCUT2D eigenvalue weighted by molar-refractivity contribution is -0.122. The van der Waals surface area contributed by atoms with E-state index in [4.69, 9.17) is 17.3 Å². The molecule has 0 unspecified atom stereocenters. The molecule has 3 aromatic rings. The van der Waals surface area contributed by atoms with Crippen LogP contribution in [0.3, 0.4) is 0 Å². The average Bonchev–Trinajstić information content (AvgIpc) is 3.34.